The Hall–Kier alpha value is -3.80. The van der Waals surface area contributed by atoms with Crippen molar-refractivity contribution >= 4 is 46.1 Å². The SMILES string of the molecule is CC(=O)N(NCc1cccc(F)c1Cl)[C@@H](CCC(=O)N1CCN(C2CC2)CC1)COC(=O)Nc1cc2ccccc2cn1. The van der Waals surface area contributed by atoms with E-state index >= 15 is 0 Å². The molecule has 2 N–H and O–H groups in total. The molecule has 0 radical (unpaired) electrons. The fourth-order valence-electron chi connectivity index (χ4n) is 5.33. The Morgan fingerprint density at radius 2 is 1.84 bits per heavy atom. The third-order valence-electron chi connectivity index (χ3n) is 7.87. The topological polar surface area (TPSA) is 107 Å². The summed E-state index contributed by atoms with van der Waals surface area (Å²) >= 11 is 6.12. The van der Waals surface area contributed by atoms with Crippen molar-refractivity contribution in [3.8, 4) is 0 Å². The Labute approximate surface area is 255 Å². The molecule has 1 atom stereocenters. The van der Waals surface area contributed by atoms with Crippen LogP contribution in [0.1, 0.15) is 38.2 Å². The Kier molecular flexibility index (Phi) is 10.1. The fourth-order valence-corrected chi connectivity index (χ4v) is 5.52. The minimum absolute atomic E-state index is 0.0121. The van der Waals surface area contributed by atoms with E-state index in [2.05, 4.69) is 20.6 Å². The maximum absolute atomic E-state index is 14.0. The number of piperazine rings is 1. The van der Waals surface area contributed by atoms with E-state index in [-0.39, 0.29) is 42.8 Å². The average molecular weight is 611 g/mol. The number of aromatic nitrogens is 1. The van der Waals surface area contributed by atoms with Gasteiger partial charge in [0.15, 0.2) is 0 Å². The standard InChI is InChI=1S/C31H36ClFN6O4/c1-21(40)39(35-19-24-7-4-8-27(33)30(24)32)26(11-12-29(41)38-15-13-37(14-16-38)25-9-10-25)20-43-31(42)36-28-17-22-5-2-3-6-23(22)18-34-28/h2-8,17-18,25-26,35H,9-16,19-20H2,1H3,(H,34,36,42)/t26-/m0/s1. The average Bonchev–Trinajstić information content (AvgIpc) is 3.86. The quantitative estimate of drug-likeness (QED) is 0.306. The van der Waals surface area contributed by atoms with E-state index in [0.717, 1.165) is 23.9 Å². The summed E-state index contributed by atoms with van der Waals surface area (Å²) < 4.78 is 19.5. The van der Waals surface area contributed by atoms with Gasteiger partial charge in [0.05, 0.1) is 11.1 Å². The molecular formula is C31H36ClFN6O4. The molecule has 3 amide bonds. The highest BCUT2D eigenvalue weighted by molar-refractivity contribution is 6.31. The highest BCUT2D eigenvalue weighted by Crippen LogP contribution is 2.27. The second-order valence-corrected chi connectivity index (χ2v) is 11.3. The van der Waals surface area contributed by atoms with Gasteiger partial charge in [-0.05, 0) is 42.3 Å². The van der Waals surface area contributed by atoms with Crippen LogP contribution < -0.4 is 10.7 Å². The van der Waals surface area contributed by atoms with Crippen LogP contribution in [0.2, 0.25) is 5.02 Å². The lowest BCUT2D eigenvalue weighted by Crippen LogP contribution is -2.52. The second kappa shape index (κ2) is 14.1. The Morgan fingerprint density at radius 3 is 2.56 bits per heavy atom. The minimum Gasteiger partial charge on any atom is -0.447 e. The molecule has 1 saturated heterocycles. The number of hydrogen-bond donors (Lipinski definition) is 2. The number of nitrogens with zero attached hydrogens (tertiary/aromatic N) is 4. The third-order valence-corrected chi connectivity index (χ3v) is 8.29. The number of hydrazine groups is 1. The largest absolute Gasteiger partial charge is 0.447 e. The summed E-state index contributed by atoms with van der Waals surface area (Å²) in [7, 11) is 0. The van der Waals surface area contributed by atoms with Gasteiger partial charge >= 0.3 is 6.09 Å². The Bertz CT molecular complexity index is 1460. The van der Waals surface area contributed by atoms with Crippen LogP contribution in [0.5, 0.6) is 0 Å². The number of nitrogens with one attached hydrogen (secondary N) is 2. The highest BCUT2D eigenvalue weighted by atomic mass is 35.5. The molecule has 2 aliphatic rings. The van der Waals surface area contributed by atoms with Crippen molar-refractivity contribution in [3.63, 3.8) is 0 Å². The molecule has 3 aromatic rings. The van der Waals surface area contributed by atoms with Crippen LogP contribution in [-0.2, 0) is 20.9 Å². The van der Waals surface area contributed by atoms with Crippen LogP contribution in [-0.4, -0.2) is 82.6 Å². The minimum atomic E-state index is -0.744. The Morgan fingerprint density at radius 1 is 1.09 bits per heavy atom. The lowest BCUT2D eigenvalue weighted by Gasteiger charge is -2.35. The molecule has 1 saturated carbocycles. The van der Waals surface area contributed by atoms with Crippen molar-refractivity contribution in [2.75, 3.05) is 38.1 Å². The molecule has 1 aliphatic heterocycles. The highest BCUT2D eigenvalue weighted by Gasteiger charge is 2.32. The summed E-state index contributed by atoms with van der Waals surface area (Å²) in [4.78, 5) is 47.2. The number of rotatable bonds is 11. The number of pyridine rings is 1. The number of benzene rings is 2. The molecule has 0 unspecified atom stereocenters. The lowest BCUT2D eigenvalue weighted by atomic mass is 10.1. The molecule has 0 bridgehead atoms. The molecular weight excluding hydrogens is 575 g/mol. The van der Waals surface area contributed by atoms with Gasteiger partial charge in [0.2, 0.25) is 11.8 Å². The molecule has 10 nitrogen and oxygen atoms in total. The summed E-state index contributed by atoms with van der Waals surface area (Å²) in [5.41, 5.74) is 3.46. The maximum Gasteiger partial charge on any atom is 0.412 e. The number of carbonyl (C=O) groups excluding carboxylic acids is 3. The summed E-state index contributed by atoms with van der Waals surface area (Å²) in [6.07, 6.45) is 3.78. The van der Waals surface area contributed by atoms with Gasteiger partial charge in [-0.25, -0.2) is 19.6 Å². The number of amides is 3. The van der Waals surface area contributed by atoms with E-state index in [1.54, 1.807) is 18.3 Å². The van der Waals surface area contributed by atoms with Gasteiger partial charge in [-0.15, -0.1) is 0 Å². The molecule has 5 rings (SSSR count). The van der Waals surface area contributed by atoms with Gasteiger partial charge in [0.1, 0.15) is 18.2 Å². The molecule has 1 aliphatic carbocycles. The van der Waals surface area contributed by atoms with Gasteiger partial charge in [-0.1, -0.05) is 48.0 Å². The van der Waals surface area contributed by atoms with Gasteiger partial charge in [0.25, 0.3) is 0 Å². The van der Waals surface area contributed by atoms with Crippen LogP contribution in [0.25, 0.3) is 10.8 Å². The van der Waals surface area contributed by atoms with E-state index < -0.39 is 18.0 Å². The number of halogens is 2. The second-order valence-electron chi connectivity index (χ2n) is 10.9. The Balaban J connectivity index is 1.23. The first-order valence-corrected chi connectivity index (χ1v) is 14.9. The van der Waals surface area contributed by atoms with Crippen LogP contribution in [0.4, 0.5) is 15.0 Å². The van der Waals surface area contributed by atoms with E-state index in [1.807, 2.05) is 29.2 Å². The van der Waals surface area contributed by atoms with Crippen LogP contribution in [0, 0.1) is 5.82 Å². The summed E-state index contributed by atoms with van der Waals surface area (Å²) in [6.45, 7) is 4.30. The van der Waals surface area contributed by atoms with Crippen molar-refractivity contribution in [3.05, 3.63) is 71.1 Å². The first-order chi connectivity index (χ1) is 20.8. The first-order valence-electron chi connectivity index (χ1n) is 14.5. The predicted octanol–water partition coefficient (Wildman–Crippen LogP) is 4.58. The number of anilines is 1. The van der Waals surface area contributed by atoms with Crippen LogP contribution in [0.3, 0.4) is 0 Å². The smallest absolute Gasteiger partial charge is 0.412 e. The number of carbonyl (C=O) groups is 3. The molecule has 0 spiro atoms. The number of ether oxygens (including phenoxy) is 1. The van der Waals surface area contributed by atoms with E-state index in [9.17, 15) is 18.8 Å². The molecule has 12 heteroatoms. The van der Waals surface area contributed by atoms with Gasteiger partial charge in [-0.2, -0.15) is 0 Å². The lowest BCUT2D eigenvalue weighted by molar-refractivity contribution is -0.139. The van der Waals surface area contributed by atoms with Crippen molar-refractivity contribution in [2.24, 2.45) is 0 Å². The van der Waals surface area contributed by atoms with Crippen molar-refractivity contribution in [1.82, 2.24) is 25.2 Å². The van der Waals surface area contributed by atoms with Crippen LogP contribution in [0.15, 0.2) is 54.7 Å². The van der Waals surface area contributed by atoms with E-state index in [0.29, 0.717) is 30.5 Å². The van der Waals surface area contributed by atoms with Gasteiger partial charge in [-0.3, -0.25) is 24.8 Å². The third kappa shape index (κ3) is 8.19. The fraction of sp³-hybridized carbons (Fsp3) is 0.419. The number of hydrogen-bond acceptors (Lipinski definition) is 7. The maximum atomic E-state index is 14.0. The van der Waals surface area contributed by atoms with E-state index in [1.165, 1.54) is 36.9 Å². The summed E-state index contributed by atoms with van der Waals surface area (Å²) in [6, 6.07) is 13.8. The molecule has 228 valence electrons. The first kappa shape index (κ1) is 30.7. The van der Waals surface area contributed by atoms with Gasteiger partial charge in [0, 0.05) is 63.7 Å². The summed E-state index contributed by atoms with van der Waals surface area (Å²) in [5.74, 6) is -0.616. The van der Waals surface area contributed by atoms with Crippen molar-refractivity contribution < 1.29 is 23.5 Å². The normalized spacial score (nSPS) is 16.1. The van der Waals surface area contributed by atoms with E-state index in [4.69, 9.17) is 16.3 Å². The zero-order valence-corrected chi connectivity index (χ0v) is 24.9. The zero-order valence-electron chi connectivity index (χ0n) is 24.1. The summed E-state index contributed by atoms with van der Waals surface area (Å²) in [5, 5.41) is 5.74. The van der Waals surface area contributed by atoms with Crippen molar-refractivity contribution in [1.29, 1.82) is 0 Å². The molecule has 43 heavy (non-hydrogen) atoms. The molecule has 2 heterocycles. The van der Waals surface area contributed by atoms with Crippen LogP contribution >= 0.6 is 11.6 Å². The monoisotopic (exact) mass is 610 g/mol. The number of fused-ring (bicyclic) bond motifs is 1. The van der Waals surface area contributed by atoms with Crippen molar-refractivity contribution in [2.45, 2.75) is 51.2 Å². The molecule has 1 aromatic heterocycles. The molecule has 2 fully saturated rings. The van der Waals surface area contributed by atoms with Gasteiger partial charge < -0.3 is 9.64 Å². The zero-order chi connectivity index (χ0) is 30.3. The predicted molar refractivity (Wildman–Crippen MR) is 162 cm³/mol. The molecule has 2 aromatic carbocycles.